The fourth-order valence-electron chi connectivity index (χ4n) is 2.44. The second kappa shape index (κ2) is 9.06. The number of furan rings is 1. The maximum atomic E-state index is 13.4. The molecule has 0 aliphatic carbocycles. The van der Waals surface area contributed by atoms with Crippen LogP contribution in [-0.2, 0) is 6.18 Å². The Bertz CT molecular complexity index is 1090. The molecular weight excluding hydrogens is 468 g/mol. The highest BCUT2D eigenvalue weighted by Crippen LogP contribution is 2.38. The normalized spacial score (nSPS) is 12.0. The number of benzene rings is 1. The van der Waals surface area contributed by atoms with Crippen LogP contribution in [0.15, 0.2) is 34.7 Å². The van der Waals surface area contributed by atoms with Crippen LogP contribution in [-0.4, -0.2) is 28.2 Å². The van der Waals surface area contributed by atoms with Gasteiger partial charge in [0.2, 0.25) is 10.9 Å². The van der Waals surface area contributed by atoms with Crippen LogP contribution in [0.25, 0.3) is 11.3 Å². The van der Waals surface area contributed by atoms with Crippen LogP contribution in [0.5, 0.6) is 11.8 Å². The van der Waals surface area contributed by atoms with E-state index in [1.165, 1.54) is 6.07 Å². The molecule has 3 aromatic rings. The Morgan fingerprint density at radius 3 is 2.59 bits per heavy atom. The number of nitrogens with one attached hydrogen (secondary N) is 1. The molecule has 0 saturated heterocycles. The van der Waals surface area contributed by atoms with Gasteiger partial charge in [-0.2, -0.15) is 18.2 Å². The van der Waals surface area contributed by atoms with Gasteiger partial charge >= 0.3 is 18.5 Å². The molecule has 32 heavy (non-hydrogen) atoms. The molecule has 0 saturated carbocycles. The van der Waals surface area contributed by atoms with Crippen LogP contribution < -0.4 is 14.8 Å². The minimum Gasteiger partial charge on any atom is -0.463 e. The molecular formula is C18H13F6N3O4S. The predicted molar refractivity (Wildman–Crippen MR) is 99.5 cm³/mol. The summed E-state index contributed by atoms with van der Waals surface area (Å²) in [5.74, 6) is -3.98. The van der Waals surface area contributed by atoms with Gasteiger partial charge in [0.25, 0.3) is 5.91 Å². The van der Waals surface area contributed by atoms with Gasteiger partial charge in [-0.15, -0.1) is 17.5 Å². The molecule has 172 valence electrons. The van der Waals surface area contributed by atoms with Crippen LogP contribution in [0.1, 0.15) is 29.5 Å². The molecule has 3 rings (SSSR count). The molecule has 1 aromatic carbocycles. The zero-order valence-corrected chi connectivity index (χ0v) is 16.8. The number of carbonyl (C=O) groups excluding carboxylic acids is 1. The highest BCUT2D eigenvalue weighted by molar-refractivity contribution is 7.10. The van der Waals surface area contributed by atoms with Gasteiger partial charge in [-0.25, -0.2) is 0 Å². The minimum absolute atomic E-state index is 0.0439. The fourth-order valence-corrected chi connectivity index (χ4v) is 2.95. The lowest BCUT2D eigenvalue weighted by Crippen LogP contribution is -2.17. The van der Waals surface area contributed by atoms with E-state index in [4.69, 9.17) is 9.15 Å². The summed E-state index contributed by atoms with van der Waals surface area (Å²) in [5.41, 5.74) is -1.05. The van der Waals surface area contributed by atoms with Gasteiger partial charge in [-0.05, 0) is 24.6 Å². The Balaban J connectivity index is 1.89. The number of hydrogen-bond donors (Lipinski definition) is 1. The van der Waals surface area contributed by atoms with Crippen molar-refractivity contribution in [2.75, 3.05) is 11.9 Å². The molecule has 2 aromatic heterocycles. The largest absolute Gasteiger partial charge is 0.573 e. The maximum absolute atomic E-state index is 13.4. The first kappa shape index (κ1) is 23.4. The second-order valence-electron chi connectivity index (χ2n) is 6.11. The zero-order valence-electron chi connectivity index (χ0n) is 16.0. The number of amides is 1. The zero-order chi connectivity index (χ0) is 23.5. The molecule has 7 nitrogen and oxygen atoms in total. The van der Waals surface area contributed by atoms with Gasteiger partial charge in [-0.1, -0.05) is 19.1 Å². The molecule has 14 heteroatoms. The lowest BCUT2D eigenvalue weighted by atomic mass is 10.1. The van der Waals surface area contributed by atoms with E-state index in [1.807, 2.05) is 6.92 Å². The molecule has 0 aliphatic rings. The average molecular weight is 481 g/mol. The van der Waals surface area contributed by atoms with E-state index in [9.17, 15) is 31.1 Å². The van der Waals surface area contributed by atoms with Crippen LogP contribution in [0.2, 0.25) is 0 Å². The molecule has 2 heterocycles. The van der Waals surface area contributed by atoms with E-state index < -0.39 is 41.3 Å². The van der Waals surface area contributed by atoms with E-state index in [-0.39, 0.29) is 16.7 Å². The van der Waals surface area contributed by atoms with Crippen molar-refractivity contribution in [3.8, 4) is 23.1 Å². The summed E-state index contributed by atoms with van der Waals surface area (Å²) < 4.78 is 95.0. The first-order chi connectivity index (χ1) is 15.0. The SMILES string of the molecule is CCCOc1nsc(NC(=O)c2cc(-c3cccc(OC(F)(F)F)c3)oc2C(F)(F)F)n1. The summed E-state index contributed by atoms with van der Waals surface area (Å²) in [6.07, 6.45) is -9.38. The number of carbonyl (C=O) groups is 1. The van der Waals surface area contributed by atoms with Gasteiger partial charge in [0.05, 0.1) is 12.2 Å². The smallest absolute Gasteiger partial charge is 0.463 e. The Labute approximate surface area is 180 Å². The molecule has 0 fully saturated rings. The first-order valence-electron chi connectivity index (χ1n) is 8.81. The van der Waals surface area contributed by atoms with Gasteiger partial charge in [0.1, 0.15) is 11.5 Å². The standard InChI is InChI=1S/C18H13F6N3O4S/c1-2-6-29-15-26-16(32-27-15)25-14(28)11-8-12(30-13(11)17(19,20)21)9-4-3-5-10(7-9)31-18(22,23)24/h3-5,7-8H,2,6H2,1H3,(H,25,26,27,28). The lowest BCUT2D eigenvalue weighted by molar-refractivity contribution is -0.274. The number of nitrogens with zero attached hydrogens (tertiary/aromatic N) is 2. The Kier molecular flexibility index (Phi) is 6.62. The maximum Gasteiger partial charge on any atom is 0.573 e. The van der Waals surface area contributed by atoms with Crippen molar-refractivity contribution < 1.29 is 45.0 Å². The summed E-state index contributed by atoms with van der Waals surface area (Å²) >= 11 is 0.694. The van der Waals surface area contributed by atoms with Crippen LogP contribution in [0, 0.1) is 0 Å². The molecule has 0 atom stereocenters. The second-order valence-corrected chi connectivity index (χ2v) is 6.86. The molecule has 0 bridgehead atoms. The van der Waals surface area contributed by atoms with Crippen molar-refractivity contribution in [1.82, 2.24) is 9.36 Å². The number of ether oxygens (including phenoxy) is 2. The van der Waals surface area contributed by atoms with Crippen molar-refractivity contribution in [2.24, 2.45) is 0 Å². The number of anilines is 1. The van der Waals surface area contributed by atoms with Crippen molar-refractivity contribution in [3.63, 3.8) is 0 Å². The Morgan fingerprint density at radius 1 is 1.19 bits per heavy atom. The molecule has 1 N–H and O–H groups in total. The van der Waals surface area contributed by atoms with Crippen LogP contribution in [0.3, 0.4) is 0 Å². The van der Waals surface area contributed by atoms with Crippen LogP contribution in [0.4, 0.5) is 31.5 Å². The summed E-state index contributed by atoms with van der Waals surface area (Å²) in [7, 11) is 0. The summed E-state index contributed by atoms with van der Waals surface area (Å²) in [4.78, 5) is 16.3. The summed E-state index contributed by atoms with van der Waals surface area (Å²) in [5, 5.41) is 2.05. The van der Waals surface area contributed by atoms with E-state index in [2.05, 4.69) is 19.4 Å². The highest BCUT2D eigenvalue weighted by Gasteiger charge is 2.41. The quantitative estimate of drug-likeness (QED) is 0.432. The third-order valence-corrected chi connectivity index (χ3v) is 4.26. The van der Waals surface area contributed by atoms with E-state index in [1.54, 1.807) is 0 Å². The Hall–Kier alpha value is -3.29. The highest BCUT2D eigenvalue weighted by atomic mass is 32.1. The Morgan fingerprint density at radius 2 is 1.94 bits per heavy atom. The van der Waals surface area contributed by atoms with Crippen molar-refractivity contribution in [3.05, 3.63) is 41.7 Å². The van der Waals surface area contributed by atoms with Gasteiger partial charge in [0.15, 0.2) is 0 Å². The first-order valence-corrected chi connectivity index (χ1v) is 9.58. The molecule has 0 aliphatic heterocycles. The monoisotopic (exact) mass is 481 g/mol. The number of rotatable bonds is 7. The van der Waals surface area contributed by atoms with E-state index in [0.717, 1.165) is 24.3 Å². The van der Waals surface area contributed by atoms with Gasteiger partial charge < -0.3 is 13.9 Å². The fraction of sp³-hybridized carbons (Fsp3) is 0.278. The van der Waals surface area contributed by atoms with Gasteiger partial charge in [-0.3, -0.25) is 10.1 Å². The predicted octanol–water partition coefficient (Wildman–Crippen LogP) is 5.76. The van der Waals surface area contributed by atoms with E-state index >= 15 is 0 Å². The van der Waals surface area contributed by atoms with Crippen molar-refractivity contribution in [1.29, 1.82) is 0 Å². The number of halogens is 6. The molecule has 0 unspecified atom stereocenters. The molecule has 1 amide bonds. The molecule has 0 spiro atoms. The topological polar surface area (TPSA) is 86.5 Å². The minimum atomic E-state index is -5.05. The number of hydrogen-bond acceptors (Lipinski definition) is 7. The third kappa shape index (κ3) is 5.90. The van der Waals surface area contributed by atoms with E-state index in [0.29, 0.717) is 24.6 Å². The summed E-state index contributed by atoms with van der Waals surface area (Å²) in [6, 6.07) is 4.84. The summed E-state index contributed by atoms with van der Waals surface area (Å²) in [6.45, 7) is 2.15. The van der Waals surface area contributed by atoms with Gasteiger partial charge in [0, 0.05) is 17.1 Å². The molecule has 0 radical (unpaired) electrons. The number of aromatic nitrogens is 2. The van der Waals surface area contributed by atoms with Crippen LogP contribution >= 0.6 is 11.5 Å². The van der Waals surface area contributed by atoms with Crippen molar-refractivity contribution in [2.45, 2.75) is 25.9 Å². The average Bonchev–Trinajstić information content (AvgIpc) is 3.32. The third-order valence-electron chi connectivity index (χ3n) is 3.65. The van der Waals surface area contributed by atoms with Crippen molar-refractivity contribution >= 4 is 22.6 Å². The number of alkyl halides is 6. The lowest BCUT2D eigenvalue weighted by Gasteiger charge is -2.09.